The summed E-state index contributed by atoms with van der Waals surface area (Å²) in [6, 6.07) is 0. The largest absolute Gasteiger partial charge is 0.0850 e. The molecule has 0 heteroatoms. The van der Waals surface area contributed by atoms with Gasteiger partial charge in [0.25, 0.3) is 0 Å². The van der Waals surface area contributed by atoms with Crippen LogP contribution in [0.5, 0.6) is 0 Å². The van der Waals surface area contributed by atoms with Gasteiger partial charge in [0.15, 0.2) is 0 Å². The first-order chi connectivity index (χ1) is 7.11. The van der Waals surface area contributed by atoms with E-state index in [0.29, 0.717) is 0 Å². The lowest BCUT2D eigenvalue weighted by Gasteiger charge is -2.04. The maximum atomic E-state index is 2.50. The average Bonchev–Trinajstić information content (AvgIpc) is 3.02. The summed E-state index contributed by atoms with van der Waals surface area (Å²) in [5, 5.41) is 0. The predicted molar refractivity (Wildman–Crippen MR) is 64.5 cm³/mol. The van der Waals surface area contributed by atoms with E-state index < -0.39 is 0 Å². The molecule has 0 aromatic heterocycles. The molecule has 3 aliphatic carbocycles. The van der Waals surface area contributed by atoms with Crippen LogP contribution in [0, 0.1) is 29.6 Å². The van der Waals surface area contributed by atoms with Crippen molar-refractivity contribution in [3.05, 3.63) is 22.8 Å². The second-order valence-electron chi connectivity index (χ2n) is 6.23. The molecule has 0 nitrogen and oxygen atoms in total. The molecule has 0 bridgehead atoms. The molecule has 2 fully saturated rings. The third-order valence-electron chi connectivity index (χ3n) is 4.71. The van der Waals surface area contributed by atoms with Gasteiger partial charge in [-0.2, -0.15) is 0 Å². The number of rotatable bonds is 3. The highest BCUT2D eigenvalue weighted by Crippen LogP contribution is 2.73. The summed E-state index contributed by atoms with van der Waals surface area (Å²) in [7, 11) is 0. The summed E-state index contributed by atoms with van der Waals surface area (Å²) in [6.45, 7) is 9.36. The van der Waals surface area contributed by atoms with Crippen molar-refractivity contribution in [3.8, 4) is 0 Å². The molecule has 15 heavy (non-hydrogen) atoms. The summed E-state index contributed by atoms with van der Waals surface area (Å²) in [5.41, 5.74) is 5.29. The van der Waals surface area contributed by atoms with Crippen LogP contribution >= 0.6 is 0 Å². The molecule has 3 aliphatic rings. The zero-order chi connectivity index (χ0) is 10.7. The predicted octanol–water partition coefficient (Wildman–Crippen LogP) is 4.19. The molecule has 0 spiro atoms. The average molecular weight is 202 g/mol. The van der Waals surface area contributed by atoms with Crippen molar-refractivity contribution in [2.75, 3.05) is 0 Å². The van der Waals surface area contributed by atoms with E-state index >= 15 is 0 Å². The van der Waals surface area contributed by atoms with Gasteiger partial charge in [0.1, 0.15) is 0 Å². The van der Waals surface area contributed by atoms with Crippen molar-refractivity contribution in [2.24, 2.45) is 29.6 Å². The molecule has 0 aromatic carbocycles. The first kappa shape index (κ1) is 9.69. The maximum Gasteiger partial charge on any atom is -0.00944 e. The van der Waals surface area contributed by atoms with Gasteiger partial charge in [-0.3, -0.25) is 0 Å². The van der Waals surface area contributed by atoms with Gasteiger partial charge in [-0.1, -0.05) is 36.6 Å². The van der Waals surface area contributed by atoms with Gasteiger partial charge in [-0.05, 0) is 56.3 Å². The van der Waals surface area contributed by atoms with E-state index in [0.717, 1.165) is 29.6 Å². The molecule has 0 aromatic rings. The fourth-order valence-electron chi connectivity index (χ4n) is 3.75. The quantitative estimate of drug-likeness (QED) is 0.602. The van der Waals surface area contributed by atoms with E-state index in [1.165, 1.54) is 12.8 Å². The van der Waals surface area contributed by atoms with Crippen molar-refractivity contribution < 1.29 is 0 Å². The fraction of sp³-hybridized carbons (Fsp3) is 0.733. The maximum absolute atomic E-state index is 2.50. The Morgan fingerprint density at radius 3 is 2.73 bits per heavy atom. The Balaban J connectivity index is 1.68. The van der Waals surface area contributed by atoms with Gasteiger partial charge in [0.05, 0.1) is 0 Å². The lowest BCUT2D eigenvalue weighted by molar-refractivity contribution is 0.650. The Morgan fingerprint density at radius 1 is 1.47 bits per heavy atom. The van der Waals surface area contributed by atoms with E-state index in [1.54, 1.807) is 11.1 Å². The van der Waals surface area contributed by atoms with Gasteiger partial charge in [-0.15, -0.1) is 0 Å². The molecule has 0 radical (unpaired) electrons. The third-order valence-corrected chi connectivity index (χ3v) is 4.71. The van der Waals surface area contributed by atoms with Crippen molar-refractivity contribution in [1.29, 1.82) is 0 Å². The van der Waals surface area contributed by atoms with Crippen LogP contribution in [-0.2, 0) is 0 Å². The lowest BCUT2D eigenvalue weighted by atomic mass is 10.0. The van der Waals surface area contributed by atoms with Crippen molar-refractivity contribution >= 4 is 0 Å². The first-order valence-electron chi connectivity index (χ1n) is 6.47. The molecule has 0 heterocycles. The molecule has 0 saturated heterocycles. The van der Waals surface area contributed by atoms with Crippen molar-refractivity contribution in [1.82, 2.24) is 0 Å². The highest BCUT2D eigenvalue weighted by Gasteiger charge is 2.65. The second kappa shape index (κ2) is 2.99. The van der Waals surface area contributed by atoms with Crippen LogP contribution < -0.4 is 0 Å². The first-order valence-corrected chi connectivity index (χ1v) is 6.47. The Bertz CT molecular complexity index is 356. The molecule has 4 unspecified atom stereocenters. The van der Waals surface area contributed by atoms with Crippen LogP contribution in [0.4, 0.5) is 0 Å². The molecule has 0 aliphatic heterocycles. The van der Waals surface area contributed by atoms with Crippen molar-refractivity contribution in [2.45, 2.75) is 40.5 Å². The minimum Gasteiger partial charge on any atom is -0.0850 e. The normalized spacial score (nSPS) is 42.1. The Hall–Kier alpha value is -0.520. The van der Waals surface area contributed by atoms with Gasteiger partial charge < -0.3 is 0 Å². The molecule has 4 atom stereocenters. The molecule has 2 saturated carbocycles. The molecule has 0 N–H and O–H groups in total. The number of hydrogen-bond donors (Lipinski definition) is 0. The molecular weight excluding hydrogens is 180 g/mol. The topological polar surface area (TPSA) is 0 Å². The van der Waals surface area contributed by atoms with Gasteiger partial charge >= 0.3 is 0 Å². The van der Waals surface area contributed by atoms with Gasteiger partial charge in [0, 0.05) is 0 Å². The molecule has 0 amide bonds. The van der Waals surface area contributed by atoms with E-state index in [1.807, 2.05) is 5.57 Å². The van der Waals surface area contributed by atoms with Crippen LogP contribution in [0.15, 0.2) is 22.8 Å². The highest BCUT2D eigenvalue weighted by molar-refractivity contribution is 5.48. The van der Waals surface area contributed by atoms with E-state index in [-0.39, 0.29) is 0 Å². The molecule has 3 rings (SSSR count). The molecular formula is C15H22. The Morgan fingerprint density at radius 2 is 2.20 bits per heavy atom. The summed E-state index contributed by atoms with van der Waals surface area (Å²) >= 11 is 0. The number of allylic oxidation sites excluding steroid dienone is 4. The third kappa shape index (κ3) is 1.33. The Kier molecular flexibility index (Phi) is 1.93. The monoisotopic (exact) mass is 202 g/mol. The Labute approximate surface area is 93.5 Å². The minimum atomic E-state index is 0.812. The fourth-order valence-corrected chi connectivity index (χ4v) is 3.75. The van der Waals surface area contributed by atoms with Crippen molar-refractivity contribution in [3.63, 3.8) is 0 Å². The highest BCUT2D eigenvalue weighted by atomic mass is 14.7. The van der Waals surface area contributed by atoms with Crippen LogP contribution in [0.3, 0.4) is 0 Å². The molecule has 82 valence electrons. The standard InChI is InChI=1S/C15H22/c1-8(2)5-6-9(3)13-14-10(4)11-7-12(11)15(13)14/h6,8,12-15H,5,7H2,1-4H3. The SMILES string of the molecule is CC(=CCC(C)C)C1C2C(C)=C3CC3C12. The minimum absolute atomic E-state index is 0.812. The van der Waals surface area contributed by atoms with Gasteiger partial charge in [0.2, 0.25) is 0 Å². The van der Waals surface area contributed by atoms with Crippen LogP contribution in [-0.4, -0.2) is 0 Å². The number of fused-ring (bicyclic) bond motifs is 3. The smallest absolute Gasteiger partial charge is 0.00944 e. The lowest BCUT2D eigenvalue weighted by Crippen LogP contribution is -1.92. The summed E-state index contributed by atoms with van der Waals surface area (Å²) < 4.78 is 0. The van der Waals surface area contributed by atoms with Crippen LogP contribution in [0.2, 0.25) is 0 Å². The zero-order valence-corrected chi connectivity index (χ0v) is 10.4. The summed E-state index contributed by atoms with van der Waals surface area (Å²) in [5.74, 6) is 4.81. The summed E-state index contributed by atoms with van der Waals surface area (Å²) in [4.78, 5) is 0. The van der Waals surface area contributed by atoms with Gasteiger partial charge in [-0.25, -0.2) is 0 Å². The van der Waals surface area contributed by atoms with E-state index in [2.05, 4.69) is 33.8 Å². The zero-order valence-electron chi connectivity index (χ0n) is 10.4. The second-order valence-corrected chi connectivity index (χ2v) is 6.23. The van der Waals surface area contributed by atoms with E-state index in [9.17, 15) is 0 Å². The number of hydrogen-bond acceptors (Lipinski definition) is 0. The van der Waals surface area contributed by atoms with Crippen LogP contribution in [0.25, 0.3) is 0 Å². The van der Waals surface area contributed by atoms with Crippen LogP contribution in [0.1, 0.15) is 40.5 Å². The summed E-state index contributed by atoms with van der Waals surface area (Å²) in [6.07, 6.45) is 5.21. The van der Waals surface area contributed by atoms with E-state index in [4.69, 9.17) is 0 Å².